The van der Waals surface area contributed by atoms with Crippen molar-refractivity contribution < 1.29 is 23.1 Å². The Labute approximate surface area is 151 Å². The highest BCUT2D eigenvalue weighted by atomic mass is 127. The quantitative estimate of drug-likeness (QED) is 0.280. The Hall–Kier alpha value is -1.48. The molecule has 2 aromatic rings. The fourth-order valence-electron chi connectivity index (χ4n) is 2.22. The second-order valence-corrected chi connectivity index (χ2v) is 7.85. The average Bonchev–Trinajstić information content (AvgIpc) is 2.55. The predicted molar refractivity (Wildman–Crippen MR) is 94.9 cm³/mol. The molecule has 2 atom stereocenters. The van der Waals surface area contributed by atoms with Crippen molar-refractivity contribution in [2.45, 2.75) is 12.5 Å². The predicted octanol–water partition coefficient (Wildman–Crippen LogP) is 4.86. The number of nitro benzene ring substituents is 1. The van der Waals surface area contributed by atoms with Crippen LogP contribution in [0.1, 0.15) is 18.1 Å². The monoisotopic (exact) mass is 461 g/mol. The van der Waals surface area contributed by atoms with Crippen LogP contribution in [0.2, 0.25) is 0 Å². The van der Waals surface area contributed by atoms with Gasteiger partial charge in [-0.05, 0) is 52.4 Å². The van der Waals surface area contributed by atoms with Crippen molar-refractivity contribution in [1.82, 2.24) is 0 Å². The van der Waals surface area contributed by atoms with Gasteiger partial charge in [-0.25, -0.2) is 4.57 Å². The summed E-state index contributed by atoms with van der Waals surface area (Å²) in [5, 5.41) is 10.6. The molecular weight excluding hydrogens is 448 g/mol. The molecule has 0 spiro atoms. The maximum Gasteiger partial charge on any atom is 0.530 e. The van der Waals surface area contributed by atoms with E-state index in [4.69, 9.17) is 13.6 Å². The van der Waals surface area contributed by atoms with E-state index in [0.717, 1.165) is 9.13 Å². The van der Waals surface area contributed by atoms with Crippen molar-refractivity contribution in [3.63, 3.8) is 0 Å². The van der Waals surface area contributed by atoms with Gasteiger partial charge in [0, 0.05) is 22.1 Å². The van der Waals surface area contributed by atoms with Crippen LogP contribution in [-0.4, -0.2) is 11.5 Å². The van der Waals surface area contributed by atoms with E-state index < -0.39 is 12.7 Å². The van der Waals surface area contributed by atoms with Gasteiger partial charge in [-0.15, -0.1) is 0 Å². The SMILES string of the molecule is O=[N+]([O-])c1ccc(OP2(=O)OCCC(c3ccc(I)cc3)O2)cc1. The second kappa shape index (κ2) is 7.18. The zero-order chi connectivity index (χ0) is 17.2. The molecule has 1 saturated heterocycles. The highest BCUT2D eigenvalue weighted by Gasteiger charge is 2.37. The number of nitro groups is 1. The molecule has 126 valence electrons. The zero-order valence-electron chi connectivity index (χ0n) is 12.3. The van der Waals surface area contributed by atoms with E-state index >= 15 is 0 Å². The van der Waals surface area contributed by atoms with Crippen LogP contribution < -0.4 is 4.52 Å². The third-order valence-electron chi connectivity index (χ3n) is 3.39. The molecule has 1 aliphatic heterocycles. The number of phosphoric acid groups is 1. The molecule has 0 N–H and O–H groups in total. The molecule has 3 rings (SSSR count). The summed E-state index contributed by atoms with van der Waals surface area (Å²) in [5.41, 5.74) is 0.814. The summed E-state index contributed by atoms with van der Waals surface area (Å²) in [6.07, 6.45) is 0.174. The summed E-state index contributed by atoms with van der Waals surface area (Å²) in [4.78, 5) is 10.1. The Balaban J connectivity index is 1.73. The van der Waals surface area contributed by atoms with Gasteiger partial charge >= 0.3 is 7.82 Å². The number of hydrogen-bond acceptors (Lipinski definition) is 6. The average molecular weight is 461 g/mol. The largest absolute Gasteiger partial charge is 0.530 e. The third-order valence-corrected chi connectivity index (χ3v) is 5.56. The standard InChI is InChI=1S/C15H13INO6P/c16-12-3-1-11(2-4-12)15-9-10-21-24(20,23-15)22-14-7-5-13(6-8-14)17(18)19/h1-8,15H,9-10H2. The van der Waals surface area contributed by atoms with E-state index in [1.165, 1.54) is 24.3 Å². The van der Waals surface area contributed by atoms with Crippen molar-refractivity contribution in [3.8, 4) is 5.75 Å². The Morgan fingerprint density at radius 3 is 2.46 bits per heavy atom. The minimum absolute atomic E-state index is 0.0807. The normalized spacial score (nSPS) is 23.6. The van der Waals surface area contributed by atoms with Crippen LogP contribution in [0.4, 0.5) is 5.69 Å². The van der Waals surface area contributed by atoms with Crippen LogP contribution in [-0.2, 0) is 13.6 Å². The van der Waals surface area contributed by atoms with Crippen molar-refractivity contribution in [1.29, 1.82) is 0 Å². The highest BCUT2D eigenvalue weighted by molar-refractivity contribution is 14.1. The molecule has 1 fully saturated rings. The summed E-state index contributed by atoms with van der Waals surface area (Å²) in [6.45, 7) is 0.237. The Morgan fingerprint density at radius 1 is 1.17 bits per heavy atom. The molecule has 1 heterocycles. The van der Waals surface area contributed by atoms with E-state index in [9.17, 15) is 14.7 Å². The summed E-state index contributed by atoms with van der Waals surface area (Å²) in [5.74, 6) is 0.187. The molecule has 2 aromatic carbocycles. The summed E-state index contributed by atoms with van der Waals surface area (Å²) in [6, 6.07) is 13.0. The van der Waals surface area contributed by atoms with Crippen LogP contribution in [0.15, 0.2) is 48.5 Å². The van der Waals surface area contributed by atoms with Crippen LogP contribution >= 0.6 is 30.4 Å². The van der Waals surface area contributed by atoms with Crippen LogP contribution in [0, 0.1) is 13.7 Å². The molecule has 0 bridgehead atoms. The van der Waals surface area contributed by atoms with Crippen LogP contribution in [0.25, 0.3) is 0 Å². The summed E-state index contributed by atoms with van der Waals surface area (Å²) >= 11 is 2.20. The van der Waals surface area contributed by atoms with Gasteiger partial charge in [-0.2, -0.15) is 0 Å². The molecule has 0 saturated carbocycles. The molecular formula is C15H13INO6P. The Bertz CT molecular complexity index is 780. The van der Waals surface area contributed by atoms with Crippen molar-refractivity contribution in [3.05, 3.63) is 67.8 Å². The van der Waals surface area contributed by atoms with Crippen LogP contribution in [0.3, 0.4) is 0 Å². The zero-order valence-corrected chi connectivity index (χ0v) is 15.4. The van der Waals surface area contributed by atoms with E-state index in [1.54, 1.807) is 0 Å². The van der Waals surface area contributed by atoms with E-state index in [1.807, 2.05) is 24.3 Å². The maximum atomic E-state index is 12.7. The van der Waals surface area contributed by atoms with Crippen molar-refractivity contribution >= 4 is 36.1 Å². The van der Waals surface area contributed by atoms with Crippen LogP contribution in [0.5, 0.6) is 5.75 Å². The first kappa shape index (κ1) is 17.3. The summed E-state index contributed by atoms with van der Waals surface area (Å²) in [7, 11) is -3.78. The fourth-order valence-corrected chi connectivity index (χ4v) is 3.99. The lowest BCUT2D eigenvalue weighted by Crippen LogP contribution is -2.16. The molecule has 2 unspecified atom stereocenters. The molecule has 0 aliphatic carbocycles. The lowest BCUT2D eigenvalue weighted by molar-refractivity contribution is -0.384. The molecule has 7 nitrogen and oxygen atoms in total. The number of rotatable bonds is 4. The lowest BCUT2D eigenvalue weighted by Gasteiger charge is -2.29. The first-order valence-corrected chi connectivity index (χ1v) is 9.62. The van der Waals surface area contributed by atoms with Gasteiger partial charge in [0.2, 0.25) is 0 Å². The minimum atomic E-state index is -3.78. The van der Waals surface area contributed by atoms with Gasteiger partial charge in [0.25, 0.3) is 5.69 Å². The summed E-state index contributed by atoms with van der Waals surface area (Å²) < 4.78 is 29.9. The smallest absolute Gasteiger partial charge is 0.404 e. The number of halogens is 1. The van der Waals surface area contributed by atoms with Gasteiger partial charge in [0.1, 0.15) is 5.75 Å². The van der Waals surface area contributed by atoms with Gasteiger partial charge in [0.15, 0.2) is 0 Å². The van der Waals surface area contributed by atoms with Gasteiger partial charge in [-0.3, -0.25) is 19.2 Å². The first-order valence-electron chi connectivity index (χ1n) is 7.08. The fraction of sp³-hybridized carbons (Fsp3) is 0.200. The van der Waals surface area contributed by atoms with E-state index in [0.29, 0.717) is 6.42 Å². The Morgan fingerprint density at radius 2 is 1.83 bits per heavy atom. The molecule has 9 heteroatoms. The lowest BCUT2D eigenvalue weighted by atomic mass is 10.1. The van der Waals surface area contributed by atoms with E-state index in [-0.39, 0.29) is 24.1 Å². The highest BCUT2D eigenvalue weighted by Crippen LogP contribution is 2.56. The van der Waals surface area contributed by atoms with Crippen molar-refractivity contribution in [2.24, 2.45) is 0 Å². The van der Waals surface area contributed by atoms with Gasteiger partial charge in [-0.1, -0.05) is 12.1 Å². The number of nitrogens with zero attached hydrogens (tertiary/aromatic N) is 1. The topological polar surface area (TPSA) is 87.9 Å². The number of non-ortho nitro benzene ring substituents is 1. The van der Waals surface area contributed by atoms with Gasteiger partial charge < -0.3 is 4.52 Å². The number of benzene rings is 2. The van der Waals surface area contributed by atoms with Gasteiger partial charge in [0.05, 0.1) is 17.6 Å². The first-order chi connectivity index (χ1) is 11.5. The molecule has 1 aliphatic rings. The molecule has 24 heavy (non-hydrogen) atoms. The molecule has 0 radical (unpaired) electrons. The van der Waals surface area contributed by atoms with Crippen molar-refractivity contribution in [2.75, 3.05) is 6.61 Å². The minimum Gasteiger partial charge on any atom is -0.404 e. The maximum absolute atomic E-state index is 12.7. The second-order valence-electron chi connectivity index (χ2n) is 5.06. The van der Waals surface area contributed by atoms with E-state index in [2.05, 4.69) is 22.6 Å². The molecule has 0 aromatic heterocycles. The third kappa shape index (κ3) is 4.13. The Kier molecular flexibility index (Phi) is 5.19. The number of hydrogen-bond donors (Lipinski definition) is 0. The number of phosphoric ester groups is 1. The molecule has 0 amide bonds.